The van der Waals surface area contributed by atoms with Gasteiger partial charge in [0.25, 0.3) is 5.91 Å². The monoisotopic (exact) mass is 466 g/mol. The summed E-state index contributed by atoms with van der Waals surface area (Å²) < 4.78 is 38.3. The summed E-state index contributed by atoms with van der Waals surface area (Å²) in [6.07, 6.45) is 2.52. The van der Waals surface area contributed by atoms with Crippen molar-refractivity contribution in [2.45, 2.75) is 38.0 Å². The van der Waals surface area contributed by atoms with Crippen molar-refractivity contribution < 1.29 is 22.7 Å². The molecule has 0 atom stereocenters. The summed E-state index contributed by atoms with van der Waals surface area (Å²) in [6.45, 7) is 5.71. The van der Waals surface area contributed by atoms with Crippen molar-refractivity contribution in [2.75, 3.05) is 31.6 Å². The third kappa shape index (κ3) is 5.50. The minimum absolute atomic E-state index is 0.156. The van der Waals surface area contributed by atoms with E-state index >= 15 is 0 Å². The minimum Gasteiger partial charge on any atom is -0.490 e. The van der Waals surface area contributed by atoms with Crippen LogP contribution in [-0.2, 0) is 10.0 Å². The number of rotatable bonds is 9. The Kier molecular flexibility index (Phi) is 7.80. The van der Waals surface area contributed by atoms with Crippen LogP contribution in [0.2, 0.25) is 5.02 Å². The van der Waals surface area contributed by atoms with E-state index in [1.54, 1.807) is 18.2 Å². The normalized spacial score (nSPS) is 14.4. The molecule has 0 aromatic heterocycles. The van der Waals surface area contributed by atoms with Crippen molar-refractivity contribution >= 4 is 33.2 Å². The zero-order valence-electron chi connectivity index (χ0n) is 17.7. The number of nitrogens with zero attached hydrogens (tertiary/aromatic N) is 1. The number of anilines is 1. The Bertz CT molecular complexity index is 1040. The first-order chi connectivity index (χ1) is 14.9. The molecule has 0 unspecified atom stereocenters. The number of sulfonamides is 1. The van der Waals surface area contributed by atoms with Gasteiger partial charge in [-0.1, -0.05) is 24.6 Å². The van der Waals surface area contributed by atoms with Crippen molar-refractivity contribution in [3.63, 3.8) is 0 Å². The van der Waals surface area contributed by atoms with Gasteiger partial charge in [-0.25, -0.2) is 8.42 Å². The van der Waals surface area contributed by atoms with Crippen LogP contribution < -0.4 is 14.8 Å². The van der Waals surface area contributed by atoms with Crippen LogP contribution in [0.25, 0.3) is 0 Å². The molecule has 1 amide bonds. The van der Waals surface area contributed by atoms with Gasteiger partial charge in [0, 0.05) is 24.3 Å². The van der Waals surface area contributed by atoms with Crippen molar-refractivity contribution in [1.29, 1.82) is 0 Å². The van der Waals surface area contributed by atoms with Crippen molar-refractivity contribution in [3.05, 3.63) is 47.0 Å². The fourth-order valence-corrected chi connectivity index (χ4v) is 5.15. The van der Waals surface area contributed by atoms with E-state index in [4.69, 9.17) is 21.1 Å². The average Bonchev–Trinajstić information content (AvgIpc) is 3.29. The lowest BCUT2D eigenvalue weighted by Crippen LogP contribution is -2.27. The highest BCUT2D eigenvalue weighted by Crippen LogP contribution is 2.37. The van der Waals surface area contributed by atoms with Crippen LogP contribution in [0, 0.1) is 0 Å². The Morgan fingerprint density at radius 2 is 1.87 bits per heavy atom. The Balaban J connectivity index is 1.83. The average molecular weight is 467 g/mol. The second kappa shape index (κ2) is 10.3. The number of halogens is 1. The predicted molar refractivity (Wildman–Crippen MR) is 121 cm³/mol. The van der Waals surface area contributed by atoms with Crippen LogP contribution >= 0.6 is 11.6 Å². The molecular weight excluding hydrogens is 440 g/mol. The third-order valence-corrected chi connectivity index (χ3v) is 6.99. The lowest BCUT2D eigenvalue weighted by Gasteiger charge is -2.17. The number of nitrogens with one attached hydrogen (secondary N) is 1. The molecule has 0 saturated carbocycles. The van der Waals surface area contributed by atoms with E-state index in [0.717, 1.165) is 19.3 Å². The molecule has 2 aromatic rings. The van der Waals surface area contributed by atoms with E-state index in [1.807, 2.05) is 13.8 Å². The van der Waals surface area contributed by atoms with Crippen molar-refractivity contribution in [3.8, 4) is 11.5 Å². The molecule has 9 heteroatoms. The number of benzene rings is 2. The van der Waals surface area contributed by atoms with Crippen LogP contribution in [-0.4, -0.2) is 44.9 Å². The number of ether oxygens (including phenoxy) is 2. The number of hydrogen-bond acceptors (Lipinski definition) is 5. The summed E-state index contributed by atoms with van der Waals surface area (Å²) in [4.78, 5) is 13.0. The topological polar surface area (TPSA) is 84.9 Å². The summed E-state index contributed by atoms with van der Waals surface area (Å²) in [5.74, 6) is 0.361. The standard InChI is InChI=1S/C22H27ClN2O5S/c1-3-12-30-21-19(23)13-16(14-20(21)29-4-2)22(26)24-17-8-7-9-18(15-17)31(27,28)25-10-5-6-11-25/h7-9,13-15H,3-6,10-12H2,1-2H3,(H,24,26). The molecule has 2 aromatic carbocycles. The lowest BCUT2D eigenvalue weighted by molar-refractivity contribution is 0.102. The maximum Gasteiger partial charge on any atom is 0.255 e. The van der Waals surface area contributed by atoms with Gasteiger partial charge in [0.1, 0.15) is 0 Å². The molecule has 0 aliphatic carbocycles. The van der Waals surface area contributed by atoms with E-state index in [0.29, 0.717) is 43.5 Å². The molecule has 0 bridgehead atoms. The van der Waals surface area contributed by atoms with Crippen LogP contribution in [0.15, 0.2) is 41.3 Å². The molecule has 31 heavy (non-hydrogen) atoms. The fraction of sp³-hybridized carbons (Fsp3) is 0.409. The largest absolute Gasteiger partial charge is 0.490 e. The zero-order valence-corrected chi connectivity index (χ0v) is 19.3. The molecule has 0 radical (unpaired) electrons. The summed E-state index contributed by atoms with van der Waals surface area (Å²) in [5, 5.41) is 3.02. The molecule has 1 aliphatic rings. The molecule has 1 N–H and O–H groups in total. The van der Waals surface area contributed by atoms with Gasteiger partial charge in [0.05, 0.1) is 23.1 Å². The van der Waals surface area contributed by atoms with E-state index in [1.165, 1.54) is 22.5 Å². The van der Waals surface area contributed by atoms with Gasteiger partial charge < -0.3 is 14.8 Å². The zero-order chi connectivity index (χ0) is 22.4. The molecule has 1 aliphatic heterocycles. The predicted octanol–water partition coefficient (Wildman–Crippen LogP) is 4.56. The molecule has 168 valence electrons. The fourth-order valence-electron chi connectivity index (χ4n) is 3.32. The highest BCUT2D eigenvalue weighted by Gasteiger charge is 2.27. The second-order valence-electron chi connectivity index (χ2n) is 7.16. The molecule has 7 nitrogen and oxygen atoms in total. The van der Waals surface area contributed by atoms with Crippen molar-refractivity contribution in [2.24, 2.45) is 0 Å². The van der Waals surface area contributed by atoms with Crippen LogP contribution in [0.5, 0.6) is 11.5 Å². The minimum atomic E-state index is -3.57. The highest BCUT2D eigenvalue weighted by atomic mass is 35.5. The van der Waals surface area contributed by atoms with Gasteiger partial charge in [-0.3, -0.25) is 4.79 Å². The molecule has 0 spiro atoms. The summed E-state index contributed by atoms with van der Waals surface area (Å²) in [7, 11) is -3.57. The van der Waals surface area contributed by atoms with Gasteiger partial charge in [0.2, 0.25) is 10.0 Å². The number of carbonyl (C=O) groups is 1. The molecule has 1 heterocycles. The molecule has 3 rings (SSSR count). The Hall–Kier alpha value is -2.29. The van der Waals surface area contributed by atoms with E-state index in [2.05, 4.69) is 5.32 Å². The number of hydrogen-bond donors (Lipinski definition) is 1. The maximum absolute atomic E-state index is 12.8. The second-order valence-corrected chi connectivity index (χ2v) is 9.51. The first-order valence-corrected chi connectivity index (χ1v) is 12.2. The third-order valence-electron chi connectivity index (χ3n) is 4.82. The van der Waals surface area contributed by atoms with E-state index in [9.17, 15) is 13.2 Å². The molecule has 1 saturated heterocycles. The van der Waals surface area contributed by atoms with E-state index < -0.39 is 15.9 Å². The van der Waals surface area contributed by atoms with Gasteiger partial charge in [-0.2, -0.15) is 4.31 Å². The first kappa shape index (κ1) is 23.4. The van der Waals surface area contributed by atoms with Gasteiger partial charge in [-0.05, 0) is 56.5 Å². The quantitative estimate of drug-likeness (QED) is 0.585. The van der Waals surface area contributed by atoms with Gasteiger partial charge in [0.15, 0.2) is 11.5 Å². The highest BCUT2D eigenvalue weighted by molar-refractivity contribution is 7.89. The van der Waals surface area contributed by atoms with Crippen LogP contribution in [0.1, 0.15) is 43.5 Å². The number of amides is 1. The summed E-state index contributed by atoms with van der Waals surface area (Å²) in [5.41, 5.74) is 0.663. The van der Waals surface area contributed by atoms with Crippen LogP contribution in [0.3, 0.4) is 0 Å². The van der Waals surface area contributed by atoms with Gasteiger partial charge in [-0.15, -0.1) is 0 Å². The molecule has 1 fully saturated rings. The maximum atomic E-state index is 12.8. The Morgan fingerprint density at radius 1 is 1.13 bits per heavy atom. The van der Waals surface area contributed by atoms with Crippen LogP contribution in [0.4, 0.5) is 5.69 Å². The Labute approximate surface area is 188 Å². The lowest BCUT2D eigenvalue weighted by atomic mass is 10.1. The van der Waals surface area contributed by atoms with Crippen molar-refractivity contribution in [1.82, 2.24) is 4.31 Å². The van der Waals surface area contributed by atoms with E-state index in [-0.39, 0.29) is 15.5 Å². The molecular formula is C22H27ClN2O5S. The summed E-state index contributed by atoms with van der Waals surface area (Å²) in [6, 6.07) is 9.34. The Morgan fingerprint density at radius 3 is 2.55 bits per heavy atom. The smallest absolute Gasteiger partial charge is 0.255 e. The first-order valence-electron chi connectivity index (χ1n) is 10.4. The van der Waals surface area contributed by atoms with Gasteiger partial charge >= 0.3 is 0 Å². The summed E-state index contributed by atoms with van der Waals surface area (Å²) >= 11 is 6.34. The number of carbonyl (C=O) groups excluding carboxylic acids is 1. The SMILES string of the molecule is CCCOc1c(Cl)cc(C(=O)Nc2cccc(S(=O)(=O)N3CCCC3)c2)cc1OCC.